The van der Waals surface area contributed by atoms with Crippen molar-refractivity contribution in [3.8, 4) is 5.75 Å². The molecule has 1 saturated heterocycles. The van der Waals surface area contributed by atoms with E-state index in [1.165, 1.54) is 12.1 Å². The molecule has 31 heavy (non-hydrogen) atoms. The molecule has 0 spiro atoms. The van der Waals surface area contributed by atoms with Crippen LogP contribution in [0.25, 0.3) is 10.2 Å². The highest BCUT2D eigenvalue weighted by molar-refractivity contribution is 7.99. The number of thiazole rings is 1. The first kappa shape index (κ1) is 22.2. The number of amides is 1. The summed E-state index contributed by atoms with van der Waals surface area (Å²) in [5.41, 5.74) is 0.784. The predicted molar refractivity (Wildman–Crippen MR) is 126 cm³/mol. The fourth-order valence-corrected chi connectivity index (χ4v) is 5.65. The smallest absolute Gasteiger partial charge is 0.222 e. The Morgan fingerprint density at radius 2 is 1.94 bits per heavy atom. The molecule has 0 unspecified atom stereocenters. The number of carbonyl (C=O) groups excluding carboxylic acids is 1. The largest absolute Gasteiger partial charge is 0.494 e. The van der Waals surface area contributed by atoms with Crippen LogP contribution in [0.2, 0.25) is 5.02 Å². The highest BCUT2D eigenvalue weighted by atomic mass is 35.5. The lowest BCUT2D eigenvalue weighted by Gasteiger charge is -2.34. The van der Waals surface area contributed by atoms with Gasteiger partial charge in [-0.15, -0.1) is 11.8 Å². The third-order valence-electron chi connectivity index (χ3n) is 5.19. The zero-order chi connectivity index (χ0) is 21.8. The third-order valence-corrected chi connectivity index (χ3v) is 7.86. The number of benzene rings is 2. The topological polar surface area (TPSA) is 45.7 Å². The fraction of sp³-hybridized carbons (Fsp3) is 0.364. The number of fused-ring (bicyclic) bond motifs is 1. The van der Waals surface area contributed by atoms with Crippen LogP contribution in [0.15, 0.2) is 41.3 Å². The number of hydrogen-bond acceptors (Lipinski definition) is 6. The van der Waals surface area contributed by atoms with E-state index in [0.29, 0.717) is 30.3 Å². The Morgan fingerprint density at radius 3 is 2.65 bits per heavy atom. The van der Waals surface area contributed by atoms with Gasteiger partial charge in [0.25, 0.3) is 0 Å². The first-order valence-corrected chi connectivity index (χ1v) is 12.3. The van der Waals surface area contributed by atoms with Crippen molar-refractivity contribution in [3.05, 3.63) is 47.2 Å². The number of halogens is 2. The molecule has 5 nitrogen and oxygen atoms in total. The van der Waals surface area contributed by atoms with Crippen molar-refractivity contribution in [1.29, 1.82) is 0 Å². The Bertz CT molecular complexity index is 1050. The number of rotatable bonds is 7. The van der Waals surface area contributed by atoms with Gasteiger partial charge in [0, 0.05) is 37.5 Å². The van der Waals surface area contributed by atoms with Gasteiger partial charge in [-0.2, -0.15) is 0 Å². The number of piperazine rings is 1. The molecular formula is C22H23ClFN3O2S2. The second-order valence-corrected chi connectivity index (χ2v) is 9.75. The standard InChI is InChI=1S/C22H23ClFN3O2S2/c1-29-18-9-8-17(23)21-20(18)25-22(31-21)27-12-10-26(11-13-27)19(28)3-2-14-30-16-6-4-15(24)5-7-16/h4-9H,2-3,10-14H2,1H3. The Balaban J connectivity index is 1.26. The van der Waals surface area contributed by atoms with E-state index in [-0.39, 0.29) is 11.7 Å². The van der Waals surface area contributed by atoms with E-state index in [2.05, 4.69) is 4.90 Å². The van der Waals surface area contributed by atoms with Crippen molar-refractivity contribution < 1.29 is 13.9 Å². The van der Waals surface area contributed by atoms with Crippen LogP contribution in [0.5, 0.6) is 5.75 Å². The summed E-state index contributed by atoms with van der Waals surface area (Å²) in [4.78, 5) is 22.5. The summed E-state index contributed by atoms with van der Waals surface area (Å²) in [6.07, 6.45) is 1.33. The van der Waals surface area contributed by atoms with Gasteiger partial charge in [-0.25, -0.2) is 9.37 Å². The van der Waals surface area contributed by atoms with Crippen LogP contribution in [0.4, 0.5) is 9.52 Å². The average Bonchev–Trinajstić information content (AvgIpc) is 3.25. The minimum Gasteiger partial charge on any atom is -0.494 e. The summed E-state index contributed by atoms with van der Waals surface area (Å²) in [6, 6.07) is 10.1. The molecule has 164 valence electrons. The molecule has 0 radical (unpaired) electrons. The lowest BCUT2D eigenvalue weighted by Crippen LogP contribution is -2.48. The van der Waals surface area contributed by atoms with Gasteiger partial charge < -0.3 is 14.5 Å². The van der Waals surface area contributed by atoms with E-state index in [4.69, 9.17) is 21.3 Å². The molecule has 0 N–H and O–H groups in total. The molecule has 1 fully saturated rings. The maximum Gasteiger partial charge on any atom is 0.222 e. The number of hydrogen-bond donors (Lipinski definition) is 0. The van der Waals surface area contributed by atoms with Gasteiger partial charge in [0.1, 0.15) is 17.1 Å². The summed E-state index contributed by atoms with van der Waals surface area (Å²) in [5, 5.41) is 1.58. The first-order valence-electron chi connectivity index (χ1n) is 10.1. The molecule has 9 heteroatoms. The Hall–Kier alpha value is -2.03. The van der Waals surface area contributed by atoms with E-state index < -0.39 is 0 Å². The summed E-state index contributed by atoms with van der Waals surface area (Å²) in [6.45, 7) is 2.86. The van der Waals surface area contributed by atoms with Gasteiger partial charge in [0.05, 0.1) is 16.8 Å². The van der Waals surface area contributed by atoms with Gasteiger partial charge in [0.2, 0.25) is 5.91 Å². The Kier molecular flexibility index (Phi) is 7.20. The normalized spacial score (nSPS) is 14.3. The van der Waals surface area contributed by atoms with Crippen molar-refractivity contribution in [1.82, 2.24) is 9.88 Å². The summed E-state index contributed by atoms with van der Waals surface area (Å²) >= 11 is 9.54. The van der Waals surface area contributed by atoms with Crippen LogP contribution in [-0.4, -0.2) is 54.8 Å². The van der Waals surface area contributed by atoms with Crippen molar-refractivity contribution >= 4 is 56.0 Å². The maximum atomic E-state index is 13.0. The Labute approximate surface area is 194 Å². The van der Waals surface area contributed by atoms with Crippen molar-refractivity contribution in [2.45, 2.75) is 17.7 Å². The van der Waals surface area contributed by atoms with Gasteiger partial charge >= 0.3 is 0 Å². The number of methoxy groups -OCH3 is 1. The van der Waals surface area contributed by atoms with E-state index in [1.807, 2.05) is 17.0 Å². The van der Waals surface area contributed by atoms with Crippen LogP contribution in [0, 0.1) is 5.82 Å². The van der Waals surface area contributed by atoms with Crippen LogP contribution in [0.3, 0.4) is 0 Å². The molecule has 1 amide bonds. The van der Waals surface area contributed by atoms with E-state index in [0.717, 1.165) is 45.5 Å². The molecule has 0 saturated carbocycles. The van der Waals surface area contributed by atoms with Gasteiger partial charge in [0.15, 0.2) is 5.13 Å². The van der Waals surface area contributed by atoms with Gasteiger partial charge in [-0.05, 0) is 48.6 Å². The highest BCUT2D eigenvalue weighted by Gasteiger charge is 2.24. The van der Waals surface area contributed by atoms with Crippen LogP contribution >= 0.6 is 34.7 Å². The van der Waals surface area contributed by atoms with Gasteiger partial charge in [-0.1, -0.05) is 22.9 Å². The van der Waals surface area contributed by atoms with Crippen LogP contribution < -0.4 is 9.64 Å². The molecular weight excluding hydrogens is 457 g/mol. The number of nitrogens with zero attached hydrogens (tertiary/aromatic N) is 3. The van der Waals surface area contributed by atoms with E-state index in [9.17, 15) is 9.18 Å². The Morgan fingerprint density at radius 1 is 1.19 bits per heavy atom. The molecule has 3 aromatic rings. The molecule has 2 heterocycles. The molecule has 2 aromatic carbocycles. The number of aromatic nitrogens is 1. The summed E-state index contributed by atoms with van der Waals surface area (Å²) < 4.78 is 19.3. The molecule has 1 aliphatic rings. The van der Waals surface area contributed by atoms with Crippen LogP contribution in [0.1, 0.15) is 12.8 Å². The summed E-state index contributed by atoms with van der Waals surface area (Å²) in [5.74, 6) is 1.51. The van der Waals surface area contributed by atoms with E-state index in [1.54, 1.807) is 42.3 Å². The molecule has 1 aromatic heterocycles. The van der Waals surface area contributed by atoms with Crippen molar-refractivity contribution in [3.63, 3.8) is 0 Å². The van der Waals surface area contributed by atoms with Gasteiger partial charge in [-0.3, -0.25) is 4.79 Å². The molecule has 0 bridgehead atoms. The first-order chi connectivity index (χ1) is 15.0. The minimum atomic E-state index is -0.230. The molecule has 1 aliphatic heterocycles. The van der Waals surface area contributed by atoms with Crippen molar-refractivity contribution in [2.75, 3.05) is 43.9 Å². The quantitative estimate of drug-likeness (QED) is 0.339. The minimum absolute atomic E-state index is 0.188. The zero-order valence-corrected chi connectivity index (χ0v) is 19.5. The van der Waals surface area contributed by atoms with E-state index >= 15 is 0 Å². The second kappa shape index (κ2) is 10.1. The predicted octanol–water partition coefficient (Wildman–Crippen LogP) is 5.32. The number of ether oxygens (including phenoxy) is 1. The average molecular weight is 480 g/mol. The SMILES string of the molecule is COc1ccc(Cl)c2sc(N3CCN(C(=O)CCCSc4ccc(F)cc4)CC3)nc12. The molecule has 4 rings (SSSR count). The number of thioether (sulfide) groups is 1. The number of anilines is 1. The van der Waals surface area contributed by atoms with Crippen LogP contribution in [-0.2, 0) is 4.79 Å². The zero-order valence-electron chi connectivity index (χ0n) is 17.1. The molecule has 0 aliphatic carbocycles. The molecule has 0 atom stereocenters. The maximum absolute atomic E-state index is 13.0. The lowest BCUT2D eigenvalue weighted by atomic mass is 10.2. The monoisotopic (exact) mass is 479 g/mol. The number of carbonyl (C=O) groups is 1. The third kappa shape index (κ3) is 5.25. The highest BCUT2D eigenvalue weighted by Crippen LogP contribution is 2.38. The van der Waals surface area contributed by atoms with Crippen molar-refractivity contribution in [2.24, 2.45) is 0 Å². The second-order valence-electron chi connectivity index (χ2n) is 7.20. The summed E-state index contributed by atoms with van der Waals surface area (Å²) in [7, 11) is 1.63. The fourth-order valence-electron chi connectivity index (χ4n) is 3.49. The lowest BCUT2D eigenvalue weighted by molar-refractivity contribution is -0.131.